The van der Waals surface area contributed by atoms with Crippen molar-refractivity contribution in [3.63, 3.8) is 0 Å². The number of halogens is 3. The molecule has 1 aromatic heterocycles. The second-order valence-electron chi connectivity index (χ2n) is 7.21. The van der Waals surface area contributed by atoms with Gasteiger partial charge in [0.1, 0.15) is 5.75 Å². The Morgan fingerprint density at radius 3 is 2.53 bits per heavy atom. The molecule has 0 aliphatic carbocycles. The molecule has 1 heterocycles. The van der Waals surface area contributed by atoms with E-state index in [-0.39, 0.29) is 11.5 Å². The highest BCUT2D eigenvalue weighted by Gasteiger charge is 2.30. The number of hydrogen-bond donors (Lipinski definition) is 0. The lowest BCUT2D eigenvalue weighted by Crippen LogP contribution is -2.34. The number of nitrogens with zero attached hydrogens (tertiary/aromatic N) is 3. The average Bonchev–Trinajstić information content (AvgIpc) is 3.27. The van der Waals surface area contributed by atoms with E-state index in [2.05, 4.69) is 10.1 Å². The van der Waals surface area contributed by atoms with Crippen LogP contribution in [0.3, 0.4) is 0 Å². The number of amides is 1. The highest BCUT2D eigenvalue weighted by atomic mass is 19.4. The lowest BCUT2D eigenvalue weighted by molar-refractivity contribution is -0.137. The fourth-order valence-corrected chi connectivity index (χ4v) is 3.11. The number of unbranched alkanes of at least 4 members (excludes halogenated alkanes) is 1. The summed E-state index contributed by atoms with van der Waals surface area (Å²) in [5.41, 5.74) is 0.157. The van der Waals surface area contributed by atoms with Gasteiger partial charge in [0.2, 0.25) is 11.7 Å². The monoisotopic (exact) mass is 447 g/mol. The number of carbonyl (C=O) groups is 1. The largest absolute Gasteiger partial charge is 0.497 e. The number of aromatic nitrogens is 2. The summed E-state index contributed by atoms with van der Waals surface area (Å²) >= 11 is 0. The molecular formula is C23H24F3N3O3. The van der Waals surface area contributed by atoms with Gasteiger partial charge in [-0.2, -0.15) is 18.2 Å². The Kier molecular flexibility index (Phi) is 7.50. The maximum absolute atomic E-state index is 12.9. The summed E-state index contributed by atoms with van der Waals surface area (Å²) < 4.78 is 48.9. The first-order valence-corrected chi connectivity index (χ1v) is 10.3. The third-order valence-electron chi connectivity index (χ3n) is 4.92. The van der Waals surface area contributed by atoms with Crippen LogP contribution < -0.4 is 4.74 Å². The first-order chi connectivity index (χ1) is 15.3. The Bertz CT molecular complexity index is 1030. The van der Waals surface area contributed by atoms with E-state index in [9.17, 15) is 18.0 Å². The summed E-state index contributed by atoms with van der Waals surface area (Å²) in [6.07, 6.45) is -2.47. The zero-order valence-electron chi connectivity index (χ0n) is 17.9. The second kappa shape index (κ2) is 10.3. The van der Waals surface area contributed by atoms with Gasteiger partial charge in [-0.3, -0.25) is 4.79 Å². The Morgan fingerprint density at radius 1 is 1.12 bits per heavy atom. The highest BCUT2D eigenvalue weighted by Crippen LogP contribution is 2.29. The van der Waals surface area contributed by atoms with Crippen molar-refractivity contribution in [2.75, 3.05) is 20.2 Å². The molecule has 1 amide bonds. The van der Waals surface area contributed by atoms with Gasteiger partial charge in [0.25, 0.3) is 5.91 Å². The number of hydrogen-bond acceptors (Lipinski definition) is 5. The van der Waals surface area contributed by atoms with Gasteiger partial charge in [0.15, 0.2) is 0 Å². The number of alkyl halides is 3. The minimum atomic E-state index is -4.44. The summed E-state index contributed by atoms with van der Waals surface area (Å²) in [6, 6.07) is 11.5. The number of carbonyl (C=O) groups excluding carboxylic acids is 1. The van der Waals surface area contributed by atoms with Crippen molar-refractivity contribution in [3.05, 3.63) is 65.5 Å². The minimum absolute atomic E-state index is 0.205. The van der Waals surface area contributed by atoms with Crippen LogP contribution in [0.2, 0.25) is 0 Å². The Hall–Kier alpha value is -3.36. The van der Waals surface area contributed by atoms with Crippen LogP contribution in [0.5, 0.6) is 5.75 Å². The molecule has 0 aliphatic heterocycles. The molecule has 0 fully saturated rings. The van der Waals surface area contributed by atoms with E-state index in [1.807, 2.05) is 25.1 Å². The molecule has 170 valence electrons. The smallest absolute Gasteiger partial charge is 0.416 e. The minimum Gasteiger partial charge on any atom is -0.497 e. The van der Waals surface area contributed by atoms with Crippen LogP contribution in [0.15, 0.2) is 53.1 Å². The standard InChI is InChI=1S/C23H24F3N3O3/c1-3-4-13-29(22(30)16-8-10-18(11-9-16)23(24,25)26)14-12-20-27-21(28-32-20)17-6-5-7-19(15-17)31-2/h5-11,15H,3-4,12-14H2,1-2H3. The van der Waals surface area contributed by atoms with Crippen LogP contribution in [0.4, 0.5) is 13.2 Å². The van der Waals surface area contributed by atoms with Crippen LogP contribution in [0.1, 0.15) is 41.6 Å². The molecule has 3 rings (SSSR count). The van der Waals surface area contributed by atoms with Gasteiger partial charge in [-0.1, -0.05) is 30.6 Å². The van der Waals surface area contributed by atoms with Crippen molar-refractivity contribution in [1.82, 2.24) is 15.0 Å². The predicted octanol–water partition coefficient (Wildman–Crippen LogP) is 5.25. The summed E-state index contributed by atoms with van der Waals surface area (Å²) in [5.74, 6) is 1.11. The number of rotatable bonds is 9. The summed E-state index contributed by atoms with van der Waals surface area (Å²) in [5, 5.41) is 3.99. The highest BCUT2D eigenvalue weighted by molar-refractivity contribution is 5.94. The van der Waals surface area contributed by atoms with Crippen molar-refractivity contribution in [3.8, 4) is 17.1 Å². The molecule has 32 heavy (non-hydrogen) atoms. The van der Waals surface area contributed by atoms with E-state index in [4.69, 9.17) is 9.26 Å². The molecule has 0 saturated carbocycles. The summed E-state index contributed by atoms with van der Waals surface area (Å²) in [4.78, 5) is 18.9. The Balaban J connectivity index is 1.69. The first-order valence-electron chi connectivity index (χ1n) is 10.3. The van der Waals surface area contributed by atoms with Crippen LogP contribution in [-0.2, 0) is 12.6 Å². The van der Waals surface area contributed by atoms with Crippen molar-refractivity contribution in [2.45, 2.75) is 32.4 Å². The van der Waals surface area contributed by atoms with E-state index in [0.29, 0.717) is 37.0 Å². The van der Waals surface area contributed by atoms with Crippen molar-refractivity contribution in [2.24, 2.45) is 0 Å². The van der Waals surface area contributed by atoms with Gasteiger partial charge < -0.3 is 14.2 Å². The Labute approximate surface area is 184 Å². The maximum atomic E-state index is 12.9. The number of ether oxygens (including phenoxy) is 1. The predicted molar refractivity (Wildman–Crippen MR) is 112 cm³/mol. The molecule has 6 nitrogen and oxygen atoms in total. The molecule has 0 spiro atoms. The topological polar surface area (TPSA) is 68.5 Å². The maximum Gasteiger partial charge on any atom is 0.416 e. The van der Waals surface area contributed by atoms with Gasteiger partial charge in [-0.15, -0.1) is 0 Å². The molecular weight excluding hydrogens is 423 g/mol. The van der Waals surface area contributed by atoms with Gasteiger partial charge in [-0.05, 0) is 42.8 Å². The fraction of sp³-hybridized carbons (Fsp3) is 0.348. The van der Waals surface area contributed by atoms with Crippen LogP contribution >= 0.6 is 0 Å². The van der Waals surface area contributed by atoms with E-state index >= 15 is 0 Å². The molecule has 0 atom stereocenters. The lowest BCUT2D eigenvalue weighted by Gasteiger charge is -2.22. The molecule has 0 bridgehead atoms. The van der Waals surface area contributed by atoms with Crippen molar-refractivity contribution < 1.29 is 27.2 Å². The normalized spacial score (nSPS) is 11.4. The first kappa shape index (κ1) is 23.3. The summed E-state index contributed by atoms with van der Waals surface area (Å²) in [7, 11) is 1.57. The van der Waals surface area contributed by atoms with Crippen LogP contribution in [0, 0.1) is 0 Å². The summed E-state index contributed by atoms with van der Waals surface area (Å²) in [6.45, 7) is 2.78. The average molecular weight is 447 g/mol. The molecule has 3 aromatic rings. The molecule has 0 radical (unpaired) electrons. The van der Waals surface area contributed by atoms with Crippen LogP contribution in [-0.4, -0.2) is 41.1 Å². The van der Waals surface area contributed by atoms with Gasteiger partial charge in [-0.25, -0.2) is 0 Å². The molecule has 2 aromatic carbocycles. The molecule has 0 unspecified atom stereocenters. The van der Waals surface area contributed by atoms with Gasteiger partial charge in [0, 0.05) is 30.6 Å². The van der Waals surface area contributed by atoms with Crippen molar-refractivity contribution >= 4 is 5.91 Å². The van der Waals surface area contributed by atoms with E-state index in [0.717, 1.165) is 30.5 Å². The molecule has 9 heteroatoms. The third-order valence-corrected chi connectivity index (χ3v) is 4.92. The van der Waals surface area contributed by atoms with Crippen LogP contribution in [0.25, 0.3) is 11.4 Å². The molecule has 0 saturated heterocycles. The van der Waals surface area contributed by atoms with E-state index in [1.54, 1.807) is 18.1 Å². The van der Waals surface area contributed by atoms with Gasteiger partial charge in [0.05, 0.1) is 12.7 Å². The molecule has 0 N–H and O–H groups in total. The number of methoxy groups -OCH3 is 1. The lowest BCUT2D eigenvalue weighted by atomic mass is 10.1. The fourth-order valence-electron chi connectivity index (χ4n) is 3.11. The van der Waals surface area contributed by atoms with E-state index < -0.39 is 11.7 Å². The van der Waals surface area contributed by atoms with Crippen molar-refractivity contribution in [1.29, 1.82) is 0 Å². The second-order valence-corrected chi connectivity index (χ2v) is 7.21. The third kappa shape index (κ3) is 5.87. The zero-order valence-corrected chi connectivity index (χ0v) is 17.9. The Morgan fingerprint density at radius 2 is 1.88 bits per heavy atom. The SMILES string of the molecule is CCCCN(CCc1nc(-c2cccc(OC)c2)no1)C(=O)c1ccc(C(F)(F)F)cc1. The molecule has 0 aliphatic rings. The number of benzene rings is 2. The van der Waals surface area contributed by atoms with Gasteiger partial charge >= 0.3 is 6.18 Å². The van der Waals surface area contributed by atoms with E-state index in [1.165, 1.54) is 12.1 Å². The zero-order chi connectivity index (χ0) is 23.1. The quantitative estimate of drug-likeness (QED) is 0.448.